The van der Waals surface area contributed by atoms with Gasteiger partial charge in [0.15, 0.2) is 16.4 Å². The van der Waals surface area contributed by atoms with Crippen molar-refractivity contribution < 1.29 is 22.4 Å². The van der Waals surface area contributed by atoms with E-state index in [0.29, 0.717) is 5.89 Å². The van der Waals surface area contributed by atoms with Crippen molar-refractivity contribution in [1.82, 2.24) is 10.2 Å². The molecule has 0 spiro atoms. The maximum atomic E-state index is 12.1. The van der Waals surface area contributed by atoms with Crippen molar-refractivity contribution in [2.75, 3.05) is 5.75 Å². The summed E-state index contributed by atoms with van der Waals surface area (Å²) in [6.45, 7) is 1.75. The molecule has 0 atom stereocenters. The number of hydrogen-bond acceptors (Lipinski definition) is 7. The van der Waals surface area contributed by atoms with E-state index in [1.165, 1.54) is 12.1 Å². The summed E-state index contributed by atoms with van der Waals surface area (Å²) < 4.78 is 34.8. The highest BCUT2D eigenvalue weighted by atomic mass is 32.2. The Morgan fingerprint density at radius 3 is 2.59 bits per heavy atom. The number of rotatable bonds is 7. The number of ether oxygens (including phenoxy) is 1. The van der Waals surface area contributed by atoms with Crippen LogP contribution < -0.4 is 0 Å². The summed E-state index contributed by atoms with van der Waals surface area (Å²) in [4.78, 5) is 12.0. The van der Waals surface area contributed by atoms with Gasteiger partial charge in [0.25, 0.3) is 5.89 Å². The quantitative estimate of drug-likeness (QED) is 0.576. The Hall–Kier alpha value is -3.00. The van der Waals surface area contributed by atoms with Crippen LogP contribution in [0.2, 0.25) is 0 Å². The molecule has 0 radical (unpaired) electrons. The minimum atomic E-state index is -3.53. The van der Waals surface area contributed by atoms with Gasteiger partial charge in [-0.3, -0.25) is 4.79 Å². The Morgan fingerprint density at radius 2 is 1.85 bits per heavy atom. The van der Waals surface area contributed by atoms with E-state index < -0.39 is 15.8 Å². The molecule has 2 aromatic carbocycles. The van der Waals surface area contributed by atoms with Crippen molar-refractivity contribution in [2.24, 2.45) is 0 Å². The third kappa shape index (κ3) is 5.01. The molecule has 0 unspecified atom stereocenters. The largest absolute Gasteiger partial charge is 0.456 e. The molecule has 0 aliphatic heterocycles. The highest BCUT2D eigenvalue weighted by Crippen LogP contribution is 2.19. The average molecular weight is 386 g/mol. The Labute approximate surface area is 156 Å². The topological polar surface area (TPSA) is 99.4 Å². The Kier molecular flexibility index (Phi) is 5.66. The average Bonchev–Trinajstić information content (AvgIpc) is 3.15. The number of aromatic nitrogens is 2. The minimum Gasteiger partial charge on any atom is -0.456 e. The van der Waals surface area contributed by atoms with Gasteiger partial charge in [0.05, 0.1) is 17.1 Å². The van der Waals surface area contributed by atoms with Gasteiger partial charge >= 0.3 is 5.97 Å². The SMILES string of the molecule is Cc1cccc(-c2nnc(COC(=O)CCS(=O)(=O)c3ccccc3)o2)c1. The number of nitrogens with zero attached hydrogens (tertiary/aromatic N) is 2. The number of carbonyl (C=O) groups is 1. The molecule has 0 fully saturated rings. The second-order valence-corrected chi connectivity index (χ2v) is 8.02. The molecule has 0 bridgehead atoms. The lowest BCUT2D eigenvalue weighted by atomic mass is 10.1. The number of esters is 1. The molecule has 1 heterocycles. The predicted octanol–water partition coefficient (Wildman–Crippen LogP) is 2.95. The predicted molar refractivity (Wildman–Crippen MR) is 97.4 cm³/mol. The van der Waals surface area contributed by atoms with Gasteiger partial charge in [-0.05, 0) is 31.2 Å². The zero-order valence-electron chi connectivity index (χ0n) is 14.7. The summed E-state index contributed by atoms with van der Waals surface area (Å²) in [5.41, 5.74) is 1.83. The summed E-state index contributed by atoms with van der Waals surface area (Å²) in [6.07, 6.45) is -0.254. The smallest absolute Gasteiger partial charge is 0.307 e. The van der Waals surface area contributed by atoms with E-state index in [2.05, 4.69) is 10.2 Å². The molecule has 7 nitrogen and oxygen atoms in total. The van der Waals surface area contributed by atoms with E-state index in [-0.39, 0.29) is 29.6 Å². The zero-order valence-corrected chi connectivity index (χ0v) is 15.5. The Bertz CT molecular complexity index is 1030. The van der Waals surface area contributed by atoms with E-state index in [0.717, 1.165) is 11.1 Å². The van der Waals surface area contributed by atoms with E-state index in [1.54, 1.807) is 18.2 Å². The monoisotopic (exact) mass is 386 g/mol. The van der Waals surface area contributed by atoms with E-state index >= 15 is 0 Å². The van der Waals surface area contributed by atoms with Crippen LogP contribution in [0.1, 0.15) is 17.9 Å². The van der Waals surface area contributed by atoms with Crippen molar-refractivity contribution >= 4 is 15.8 Å². The standard InChI is InChI=1S/C19H18N2O5S/c1-14-6-5-7-15(12-14)19-21-20-17(26-19)13-25-18(22)10-11-27(23,24)16-8-3-2-4-9-16/h2-9,12H,10-11,13H2,1H3. The lowest BCUT2D eigenvalue weighted by Crippen LogP contribution is -2.13. The second-order valence-electron chi connectivity index (χ2n) is 5.91. The van der Waals surface area contributed by atoms with E-state index in [9.17, 15) is 13.2 Å². The molecule has 140 valence electrons. The molecule has 0 aliphatic carbocycles. The Morgan fingerprint density at radius 1 is 1.07 bits per heavy atom. The van der Waals surface area contributed by atoms with Gasteiger partial charge in [0.1, 0.15) is 0 Å². The van der Waals surface area contributed by atoms with Gasteiger partial charge in [-0.25, -0.2) is 8.42 Å². The van der Waals surface area contributed by atoms with Gasteiger partial charge in [0, 0.05) is 5.56 Å². The van der Waals surface area contributed by atoms with Gasteiger partial charge in [-0.1, -0.05) is 35.9 Å². The van der Waals surface area contributed by atoms with Gasteiger partial charge in [-0.2, -0.15) is 0 Å². The summed E-state index contributed by atoms with van der Waals surface area (Å²) in [7, 11) is -3.53. The molecule has 0 N–H and O–H groups in total. The fourth-order valence-corrected chi connectivity index (χ4v) is 3.63. The first-order valence-corrected chi connectivity index (χ1v) is 9.92. The summed E-state index contributed by atoms with van der Waals surface area (Å²) in [5.74, 6) is -0.499. The van der Waals surface area contributed by atoms with Crippen LogP contribution >= 0.6 is 0 Å². The van der Waals surface area contributed by atoms with Crippen molar-refractivity contribution in [3.05, 3.63) is 66.1 Å². The molecule has 0 saturated heterocycles. The summed E-state index contributed by atoms with van der Waals surface area (Å²) in [5, 5.41) is 7.77. The highest BCUT2D eigenvalue weighted by Gasteiger charge is 2.17. The van der Waals surface area contributed by atoms with Crippen LogP contribution in [0.25, 0.3) is 11.5 Å². The molecule has 3 rings (SSSR count). The second kappa shape index (κ2) is 8.13. The number of benzene rings is 2. The van der Waals surface area contributed by atoms with Crippen LogP contribution in [0.3, 0.4) is 0 Å². The maximum absolute atomic E-state index is 12.1. The van der Waals surface area contributed by atoms with Crippen LogP contribution in [0, 0.1) is 6.92 Å². The first-order chi connectivity index (χ1) is 12.9. The lowest BCUT2D eigenvalue weighted by molar-refractivity contribution is -0.145. The molecule has 0 saturated carbocycles. The minimum absolute atomic E-state index is 0.144. The zero-order chi connectivity index (χ0) is 19.3. The van der Waals surface area contributed by atoms with Crippen LogP contribution in [-0.2, 0) is 26.0 Å². The molecule has 1 aromatic heterocycles. The molecule has 0 aliphatic rings. The fraction of sp³-hybridized carbons (Fsp3) is 0.211. The van der Waals surface area contributed by atoms with Crippen molar-refractivity contribution in [3.63, 3.8) is 0 Å². The van der Waals surface area contributed by atoms with Crippen LogP contribution in [0.5, 0.6) is 0 Å². The first kappa shape index (κ1) is 18.8. The third-order valence-electron chi connectivity index (χ3n) is 3.77. The van der Waals surface area contributed by atoms with Gasteiger partial charge in [0.2, 0.25) is 5.89 Å². The summed E-state index contributed by atoms with van der Waals surface area (Å²) >= 11 is 0. The van der Waals surface area contributed by atoms with Crippen molar-refractivity contribution in [3.8, 4) is 11.5 Å². The Balaban J connectivity index is 1.53. The number of aryl methyl sites for hydroxylation is 1. The molecule has 0 amide bonds. The van der Waals surface area contributed by atoms with Crippen molar-refractivity contribution in [1.29, 1.82) is 0 Å². The number of carbonyl (C=O) groups excluding carboxylic acids is 1. The lowest BCUT2D eigenvalue weighted by Gasteiger charge is -2.04. The maximum Gasteiger partial charge on any atom is 0.307 e. The fourth-order valence-electron chi connectivity index (χ4n) is 2.38. The van der Waals surface area contributed by atoms with E-state index in [4.69, 9.17) is 9.15 Å². The molecular weight excluding hydrogens is 368 g/mol. The molecule has 27 heavy (non-hydrogen) atoms. The molecular formula is C19H18N2O5S. The summed E-state index contributed by atoms with van der Waals surface area (Å²) in [6, 6.07) is 15.5. The third-order valence-corrected chi connectivity index (χ3v) is 5.50. The van der Waals surface area contributed by atoms with Gasteiger partial charge < -0.3 is 9.15 Å². The first-order valence-electron chi connectivity index (χ1n) is 8.27. The van der Waals surface area contributed by atoms with Crippen molar-refractivity contribution in [2.45, 2.75) is 24.8 Å². The van der Waals surface area contributed by atoms with E-state index in [1.807, 2.05) is 31.2 Å². The molecule has 3 aromatic rings. The number of hydrogen-bond donors (Lipinski definition) is 0. The number of sulfone groups is 1. The van der Waals surface area contributed by atoms with Crippen LogP contribution in [0.4, 0.5) is 0 Å². The van der Waals surface area contributed by atoms with Gasteiger partial charge in [-0.15, -0.1) is 10.2 Å². The molecule has 8 heteroatoms. The van der Waals surface area contributed by atoms with Crippen LogP contribution in [-0.4, -0.2) is 30.3 Å². The highest BCUT2D eigenvalue weighted by molar-refractivity contribution is 7.91. The van der Waals surface area contributed by atoms with Crippen LogP contribution in [0.15, 0.2) is 63.9 Å². The normalized spacial score (nSPS) is 11.3.